The van der Waals surface area contributed by atoms with Crippen molar-refractivity contribution in [3.63, 3.8) is 0 Å². The summed E-state index contributed by atoms with van der Waals surface area (Å²) >= 11 is 0. The molecule has 0 spiro atoms. The Kier molecular flexibility index (Phi) is 2.49. The Morgan fingerprint density at radius 1 is 1.46 bits per heavy atom. The fourth-order valence-electron chi connectivity index (χ4n) is 0.873. The van der Waals surface area contributed by atoms with Crippen molar-refractivity contribution in [1.29, 1.82) is 0 Å². The molecular formula is C6H7BN2O3S. The van der Waals surface area contributed by atoms with Gasteiger partial charge in [0.25, 0.3) is 10.1 Å². The maximum Gasteiger partial charge on any atom is 0.296 e. The highest BCUT2D eigenvalue weighted by atomic mass is 32.2. The van der Waals surface area contributed by atoms with E-state index in [9.17, 15) is 8.42 Å². The van der Waals surface area contributed by atoms with E-state index in [2.05, 4.69) is 5.23 Å². The molecule has 0 aliphatic carbocycles. The summed E-state index contributed by atoms with van der Waals surface area (Å²) in [5.41, 5.74) is 5.75. The van der Waals surface area contributed by atoms with Gasteiger partial charge in [-0.05, 0) is 18.2 Å². The van der Waals surface area contributed by atoms with Crippen LogP contribution in [0.25, 0.3) is 0 Å². The van der Waals surface area contributed by atoms with Crippen molar-refractivity contribution in [2.45, 2.75) is 4.90 Å². The van der Waals surface area contributed by atoms with Crippen LogP contribution < -0.4 is 11.0 Å². The van der Waals surface area contributed by atoms with Gasteiger partial charge in [0.05, 0.1) is 5.69 Å². The lowest BCUT2D eigenvalue weighted by Gasteiger charge is -2.05. The van der Waals surface area contributed by atoms with Crippen LogP contribution in [0.3, 0.4) is 0 Å². The Bertz CT molecular complexity index is 418. The number of rotatable bonds is 2. The standard InChI is InChI=1S/C6H7BN2O3S/c7-9-4-1-2-6(5(8)3-4)13(10,11)12/h1-3,9H,8H2,(H,10,11,12). The molecule has 13 heavy (non-hydrogen) atoms. The number of hydrogen-bond acceptors (Lipinski definition) is 4. The minimum Gasteiger partial charge on any atom is -0.437 e. The van der Waals surface area contributed by atoms with E-state index < -0.39 is 10.1 Å². The SMILES string of the molecule is [B]Nc1ccc(S(=O)(=O)O)c(N)c1. The highest BCUT2D eigenvalue weighted by molar-refractivity contribution is 7.86. The van der Waals surface area contributed by atoms with Gasteiger partial charge in [0.1, 0.15) is 4.90 Å². The van der Waals surface area contributed by atoms with Crippen LogP contribution in [-0.4, -0.2) is 21.0 Å². The van der Waals surface area contributed by atoms with Gasteiger partial charge in [-0.1, -0.05) is 0 Å². The molecule has 0 unspecified atom stereocenters. The molecule has 0 saturated carbocycles. The average molecular weight is 198 g/mol. The Morgan fingerprint density at radius 2 is 2.08 bits per heavy atom. The molecule has 0 amide bonds. The van der Waals surface area contributed by atoms with Gasteiger partial charge in [-0.15, -0.1) is 0 Å². The van der Waals surface area contributed by atoms with Gasteiger partial charge in [0, 0.05) is 5.69 Å². The maximum atomic E-state index is 10.7. The van der Waals surface area contributed by atoms with Crippen LogP contribution in [0, 0.1) is 0 Å². The Morgan fingerprint density at radius 3 is 2.46 bits per heavy atom. The second-order valence-corrected chi connectivity index (χ2v) is 3.76. The van der Waals surface area contributed by atoms with Gasteiger partial charge in [-0.25, -0.2) is 0 Å². The van der Waals surface area contributed by atoms with Gasteiger partial charge in [-0.3, -0.25) is 4.55 Å². The number of nitrogens with one attached hydrogen (secondary N) is 1. The molecule has 0 aromatic heterocycles. The van der Waals surface area contributed by atoms with Gasteiger partial charge in [-0.2, -0.15) is 8.42 Å². The summed E-state index contributed by atoms with van der Waals surface area (Å²) in [4.78, 5) is -0.327. The van der Waals surface area contributed by atoms with Crippen LogP contribution in [0.15, 0.2) is 23.1 Å². The highest BCUT2D eigenvalue weighted by Gasteiger charge is 2.13. The van der Waals surface area contributed by atoms with Crippen molar-refractivity contribution in [2.24, 2.45) is 0 Å². The summed E-state index contributed by atoms with van der Waals surface area (Å²) in [6, 6.07) is 3.86. The number of nitrogen functional groups attached to an aromatic ring is 1. The molecule has 0 fully saturated rings. The maximum absolute atomic E-state index is 10.7. The smallest absolute Gasteiger partial charge is 0.296 e. The van der Waals surface area contributed by atoms with Gasteiger partial charge in [0.2, 0.25) is 7.98 Å². The van der Waals surface area contributed by atoms with Crippen LogP contribution in [0.5, 0.6) is 0 Å². The Hall–Kier alpha value is -1.21. The van der Waals surface area contributed by atoms with E-state index in [-0.39, 0.29) is 10.6 Å². The quantitative estimate of drug-likeness (QED) is 0.353. The fourth-order valence-corrected chi connectivity index (χ4v) is 1.47. The predicted molar refractivity (Wildman–Crippen MR) is 50.0 cm³/mol. The molecule has 68 valence electrons. The fraction of sp³-hybridized carbons (Fsp3) is 0. The molecule has 4 N–H and O–H groups in total. The third-order valence-corrected chi connectivity index (χ3v) is 2.38. The Labute approximate surface area is 77.1 Å². The van der Waals surface area contributed by atoms with E-state index in [1.807, 2.05) is 0 Å². The minimum absolute atomic E-state index is 0.0575. The summed E-state index contributed by atoms with van der Waals surface area (Å²) in [6.07, 6.45) is 0. The highest BCUT2D eigenvalue weighted by Crippen LogP contribution is 2.21. The summed E-state index contributed by atoms with van der Waals surface area (Å²) in [6.45, 7) is 0. The lowest BCUT2D eigenvalue weighted by atomic mass is 10.2. The first-order valence-electron chi connectivity index (χ1n) is 3.29. The predicted octanol–water partition coefficient (Wildman–Crippen LogP) is 0.0109. The monoisotopic (exact) mass is 198 g/mol. The van der Waals surface area contributed by atoms with Gasteiger partial charge < -0.3 is 11.0 Å². The zero-order chi connectivity index (χ0) is 10.1. The van der Waals surface area contributed by atoms with Crippen molar-refractivity contribution >= 4 is 29.5 Å². The largest absolute Gasteiger partial charge is 0.437 e. The molecule has 1 aromatic carbocycles. The number of anilines is 2. The van der Waals surface area contributed by atoms with E-state index >= 15 is 0 Å². The van der Waals surface area contributed by atoms with E-state index in [0.29, 0.717) is 5.69 Å². The molecule has 0 bridgehead atoms. The molecule has 1 aromatic rings. The molecular weight excluding hydrogens is 191 g/mol. The molecule has 5 nitrogen and oxygen atoms in total. The van der Waals surface area contributed by atoms with E-state index in [4.69, 9.17) is 18.3 Å². The molecule has 0 heterocycles. The summed E-state index contributed by atoms with van der Waals surface area (Å²) < 4.78 is 30.0. The first-order chi connectivity index (χ1) is 5.95. The molecule has 7 heteroatoms. The molecule has 0 saturated heterocycles. The van der Waals surface area contributed by atoms with Crippen molar-refractivity contribution in [3.8, 4) is 0 Å². The zero-order valence-corrected chi connectivity index (χ0v) is 7.38. The van der Waals surface area contributed by atoms with E-state index in [0.717, 1.165) is 0 Å². The third kappa shape index (κ3) is 2.13. The van der Waals surface area contributed by atoms with Crippen molar-refractivity contribution in [3.05, 3.63) is 18.2 Å². The van der Waals surface area contributed by atoms with E-state index in [1.165, 1.54) is 18.2 Å². The van der Waals surface area contributed by atoms with Crippen LogP contribution >= 0.6 is 0 Å². The number of nitrogens with two attached hydrogens (primary N) is 1. The van der Waals surface area contributed by atoms with Crippen molar-refractivity contribution in [2.75, 3.05) is 11.0 Å². The lowest BCUT2D eigenvalue weighted by Crippen LogP contribution is -2.03. The average Bonchev–Trinajstić information content (AvgIpc) is 2.01. The molecule has 0 aliphatic rings. The second kappa shape index (κ2) is 3.27. The molecule has 1 rings (SSSR count). The summed E-state index contributed by atoms with van der Waals surface area (Å²) in [5, 5.41) is 2.29. The zero-order valence-electron chi connectivity index (χ0n) is 6.56. The molecule has 2 radical (unpaired) electrons. The lowest BCUT2D eigenvalue weighted by molar-refractivity contribution is 0.483. The van der Waals surface area contributed by atoms with Gasteiger partial charge in [0.15, 0.2) is 0 Å². The topological polar surface area (TPSA) is 92.4 Å². The van der Waals surface area contributed by atoms with Crippen molar-refractivity contribution in [1.82, 2.24) is 0 Å². The third-order valence-electron chi connectivity index (χ3n) is 1.45. The van der Waals surface area contributed by atoms with Crippen LogP contribution in [-0.2, 0) is 10.1 Å². The minimum atomic E-state index is -4.25. The Balaban J connectivity index is 3.29. The van der Waals surface area contributed by atoms with Crippen LogP contribution in [0.1, 0.15) is 0 Å². The summed E-state index contributed by atoms with van der Waals surface area (Å²) in [7, 11) is 0.808. The van der Waals surface area contributed by atoms with Crippen LogP contribution in [0.4, 0.5) is 11.4 Å². The van der Waals surface area contributed by atoms with Crippen molar-refractivity contribution < 1.29 is 13.0 Å². The number of benzene rings is 1. The molecule has 0 aliphatic heterocycles. The second-order valence-electron chi connectivity index (χ2n) is 2.37. The number of hydrogen-bond donors (Lipinski definition) is 3. The van der Waals surface area contributed by atoms with Gasteiger partial charge >= 0.3 is 0 Å². The first kappa shape index (κ1) is 9.88. The molecule has 0 atom stereocenters. The summed E-state index contributed by atoms with van der Waals surface area (Å²) in [5.74, 6) is 0. The van der Waals surface area contributed by atoms with Crippen LogP contribution in [0.2, 0.25) is 0 Å². The first-order valence-corrected chi connectivity index (χ1v) is 4.73. The normalized spacial score (nSPS) is 11.2. The van der Waals surface area contributed by atoms with E-state index in [1.54, 1.807) is 0 Å².